The normalized spacial score (nSPS) is 20.0. The molecule has 4 rings (SSSR count). The number of rotatable bonds is 3. The number of nitrogens with one attached hydrogen (secondary N) is 2. The summed E-state index contributed by atoms with van der Waals surface area (Å²) in [4.78, 5) is 29.1. The van der Waals surface area contributed by atoms with Crippen molar-refractivity contribution < 1.29 is 9.59 Å². The Balaban J connectivity index is 0.00000225. The molecular formula is C19H23Cl2N5O2. The maximum absolute atomic E-state index is 13.2. The zero-order valence-electron chi connectivity index (χ0n) is 15.4. The largest absolute Gasteiger partial charge is 0.336 e. The van der Waals surface area contributed by atoms with Crippen LogP contribution < -0.4 is 5.32 Å². The van der Waals surface area contributed by atoms with Crippen molar-refractivity contribution in [2.75, 3.05) is 32.7 Å². The van der Waals surface area contributed by atoms with Gasteiger partial charge >= 0.3 is 0 Å². The van der Waals surface area contributed by atoms with Gasteiger partial charge in [-0.1, -0.05) is 23.7 Å². The summed E-state index contributed by atoms with van der Waals surface area (Å²) in [5.41, 5.74) is 2.03. The van der Waals surface area contributed by atoms with Gasteiger partial charge in [0.1, 0.15) is 0 Å². The summed E-state index contributed by atoms with van der Waals surface area (Å²) in [6.45, 7) is 3.13. The van der Waals surface area contributed by atoms with Crippen LogP contribution in [0.15, 0.2) is 30.5 Å². The van der Waals surface area contributed by atoms with E-state index in [1.54, 1.807) is 12.3 Å². The van der Waals surface area contributed by atoms with Crippen LogP contribution in [0, 0.1) is 0 Å². The van der Waals surface area contributed by atoms with Gasteiger partial charge < -0.3 is 15.1 Å². The van der Waals surface area contributed by atoms with Gasteiger partial charge in [-0.25, -0.2) is 0 Å². The number of piperidine rings is 1. The number of H-pyrrole nitrogens is 1. The highest BCUT2D eigenvalue weighted by molar-refractivity contribution is 6.30. The number of hydrogen-bond acceptors (Lipinski definition) is 4. The first-order chi connectivity index (χ1) is 13.1. The molecular weight excluding hydrogens is 401 g/mol. The summed E-state index contributed by atoms with van der Waals surface area (Å²) in [6, 6.07) is 7.43. The van der Waals surface area contributed by atoms with Gasteiger partial charge in [-0.15, -0.1) is 12.4 Å². The lowest BCUT2D eigenvalue weighted by Crippen LogP contribution is -2.57. The minimum absolute atomic E-state index is 0. The predicted octanol–water partition coefficient (Wildman–Crippen LogP) is 2.19. The molecule has 2 aromatic rings. The minimum atomic E-state index is -0.0639. The molecule has 2 amide bonds. The molecule has 0 spiro atoms. The van der Waals surface area contributed by atoms with Crippen LogP contribution in [0.5, 0.6) is 0 Å². The number of likely N-dealkylation sites (tertiary alicyclic amines) is 1. The van der Waals surface area contributed by atoms with E-state index in [1.807, 2.05) is 28.0 Å². The number of carbonyl (C=O) groups is 2. The van der Waals surface area contributed by atoms with E-state index in [9.17, 15) is 9.59 Å². The average Bonchev–Trinajstić information content (AvgIpc) is 3.18. The van der Waals surface area contributed by atoms with Crippen molar-refractivity contribution in [3.05, 3.63) is 41.0 Å². The SMILES string of the molecule is Cl.O=C(c1cn[nH]c1-c1cccc(Cl)c1)N1CCCC(N2CCNCC2=O)C1. The molecule has 2 aliphatic rings. The van der Waals surface area contributed by atoms with E-state index in [0.29, 0.717) is 42.5 Å². The zero-order chi connectivity index (χ0) is 18.8. The van der Waals surface area contributed by atoms with Crippen molar-refractivity contribution in [2.24, 2.45) is 0 Å². The van der Waals surface area contributed by atoms with Crippen LogP contribution in [-0.2, 0) is 4.79 Å². The van der Waals surface area contributed by atoms with E-state index < -0.39 is 0 Å². The number of aromatic amines is 1. The maximum Gasteiger partial charge on any atom is 0.257 e. The molecule has 1 aromatic carbocycles. The summed E-state index contributed by atoms with van der Waals surface area (Å²) in [7, 11) is 0. The van der Waals surface area contributed by atoms with Gasteiger partial charge in [-0.05, 0) is 25.0 Å². The van der Waals surface area contributed by atoms with Crippen molar-refractivity contribution in [3.8, 4) is 11.3 Å². The van der Waals surface area contributed by atoms with Crippen LogP contribution in [0.25, 0.3) is 11.3 Å². The molecule has 1 atom stereocenters. The van der Waals surface area contributed by atoms with Crippen molar-refractivity contribution in [1.29, 1.82) is 0 Å². The monoisotopic (exact) mass is 423 g/mol. The molecule has 3 heterocycles. The molecule has 0 saturated carbocycles. The number of halogens is 2. The summed E-state index contributed by atoms with van der Waals surface area (Å²) in [5.74, 6) is 0.0504. The smallest absolute Gasteiger partial charge is 0.257 e. The van der Waals surface area contributed by atoms with Gasteiger partial charge in [0.05, 0.1) is 24.0 Å². The van der Waals surface area contributed by atoms with Gasteiger partial charge in [0.2, 0.25) is 5.91 Å². The highest BCUT2D eigenvalue weighted by Gasteiger charge is 2.32. The Morgan fingerprint density at radius 1 is 1.29 bits per heavy atom. The summed E-state index contributed by atoms with van der Waals surface area (Å²) in [5, 5.41) is 10.7. The van der Waals surface area contributed by atoms with Crippen molar-refractivity contribution in [1.82, 2.24) is 25.3 Å². The number of amides is 2. The Hall–Kier alpha value is -2.09. The fourth-order valence-corrected chi connectivity index (χ4v) is 4.07. The maximum atomic E-state index is 13.2. The van der Waals surface area contributed by atoms with Gasteiger partial charge in [0.15, 0.2) is 0 Å². The number of benzene rings is 1. The Bertz CT molecular complexity index is 856. The molecule has 1 unspecified atom stereocenters. The lowest BCUT2D eigenvalue weighted by atomic mass is 10.0. The number of aromatic nitrogens is 2. The Morgan fingerprint density at radius 3 is 2.93 bits per heavy atom. The van der Waals surface area contributed by atoms with Crippen LogP contribution in [0.2, 0.25) is 5.02 Å². The van der Waals surface area contributed by atoms with E-state index >= 15 is 0 Å². The average molecular weight is 424 g/mol. The molecule has 1 aromatic heterocycles. The molecule has 2 fully saturated rings. The Morgan fingerprint density at radius 2 is 2.14 bits per heavy atom. The molecule has 9 heteroatoms. The molecule has 2 aliphatic heterocycles. The standard InChI is InChI=1S/C19H22ClN5O2.ClH/c20-14-4-1-3-13(9-14)18-16(10-22-23-18)19(27)24-7-2-5-15(12-24)25-8-6-21-11-17(25)26;/h1,3-4,9-10,15,21H,2,5-8,11-12H2,(H,22,23);1H. The number of hydrogen-bond donors (Lipinski definition) is 2. The van der Waals surface area contributed by atoms with E-state index in [0.717, 1.165) is 24.9 Å². The lowest BCUT2D eigenvalue weighted by molar-refractivity contribution is -0.135. The predicted molar refractivity (Wildman–Crippen MR) is 110 cm³/mol. The Kier molecular flexibility index (Phi) is 6.59. The first-order valence-corrected chi connectivity index (χ1v) is 9.60. The fraction of sp³-hybridized carbons (Fsp3) is 0.421. The van der Waals surface area contributed by atoms with E-state index in [2.05, 4.69) is 15.5 Å². The second-order valence-corrected chi connectivity index (χ2v) is 7.42. The molecule has 150 valence electrons. The van der Waals surface area contributed by atoms with Crippen molar-refractivity contribution in [3.63, 3.8) is 0 Å². The lowest BCUT2D eigenvalue weighted by Gasteiger charge is -2.41. The van der Waals surface area contributed by atoms with Crippen molar-refractivity contribution >= 4 is 35.8 Å². The summed E-state index contributed by atoms with van der Waals surface area (Å²) in [6.07, 6.45) is 3.39. The molecule has 2 N–H and O–H groups in total. The summed E-state index contributed by atoms with van der Waals surface area (Å²) >= 11 is 6.09. The van der Waals surface area contributed by atoms with Gasteiger partial charge in [-0.2, -0.15) is 5.10 Å². The molecule has 0 radical (unpaired) electrons. The van der Waals surface area contributed by atoms with Crippen LogP contribution in [-0.4, -0.2) is 70.6 Å². The van der Waals surface area contributed by atoms with Crippen molar-refractivity contribution in [2.45, 2.75) is 18.9 Å². The number of piperazine rings is 1. The van der Waals surface area contributed by atoms with Gasteiger partial charge in [0.25, 0.3) is 5.91 Å². The number of nitrogens with zero attached hydrogens (tertiary/aromatic N) is 3. The number of carbonyl (C=O) groups excluding carboxylic acids is 2. The molecule has 0 aliphatic carbocycles. The third-order valence-corrected chi connectivity index (χ3v) is 5.47. The highest BCUT2D eigenvalue weighted by Crippen LogP contribution is 2.26. The quantitative estimate of drug-likeness (QED) is 0.792. The van der Waals surface area contributed by atoms with E-state index in [4.69, 9.17) is 11.6 Å². The second kappa shape index (κ2) is 8.94. The molecule has 28 heavy (non-hydrogen) atoms. The first-order valence-electron chi connectivity index (χ1n) is 9.22. The van der Waals surface area contributed by atoms with Gasteiger partial charge in [-0.3, -0.25) is 14.7 Å². The van der Waals surface area contributed by atoms with E-state index in [-0.39, 0.29) is 30.3 Å². The van der Waals surface area contributed by atoms with Crippen LogP contribution in [0.1, 0.15) is 23.2 Å². The zero-order valence-corrected chi connectivity index (χ0v) is 16.9. The van der Waals surface area contributed by atoms with Crippen LogP contribution in [0.3, 0.4) is 0 Å². The highest BCUT2D eigenvalue weighted by atomic mass is 35.5. The first kappa shape index (κ1) is 20.6. The molecule has 2 saturated heterocycles. The van der Waals surface area contributed by atoms with Gasteiger partial charge in [0, 0.05) is 42.8 Å². The second-order valence-electron chi connectivity index (χ2n) is 6.98. The minimum Gasteiger partial charge on any atom is -0.336 e. The topological polar surface area (TPSA) is 81.3 Å². The third-order valence-electron chi connectivity index (χ3n) is 5.23. The summed E-state index contributed by atoms with van der Waals surface area (Å²) < 4.78 is 0. The van der Waals surface area contributed by atoms with E-state index in [1.165, 1.54) is 0 Å². The molecule has 7 nitrogen and oxygen atoms in total. The Labute approximate surface area is 174 Å². The fourth-order valence-electron chi connectivity index (χ4n) is 3.88. The van der Waals surface area contributed by atoms with Crippen LogP contribution in [0.4, 0.5) is 0 Å². The molecule has 0 bridgehead atoms. The third kappa shape index (κ3) is 4.16. The van der Waals surface area contributed by atoms with Crippen LogP contribution >= 0.6 is 24.0 Å².